The first kappa shape index (κ1) is 10.2. The lowest BCUT2D eigenvalue weighted by Gasteiger charge is -2.11. The van der Waals surface area contributed by atoms with Crippen LogP contribution in [-0.2, 0) is 14.9 Å². The molecule has 0 spiro atoms. The zero-order valence-electron chi connectivity index (χ0n) is 9.46. The molecule has 0 saturated heterocycles. The summed E-state index contributed by atoms with van der Waals surface area (Å²) in [7, 11) is 0. The van der Waals surface area contributed by atoms with Crippen LogP contribution in [0.1, 0.15) is 25.6 Å². The van der Waals surface area contributed by atoms with E-state index in [0.29, 0.717) is 18.1 Å². The number of ether oxygens (including phenoxy) is 1. The minimum Gasteiger partial charge on any atom is -0.465 e. The fourth-order valence-electron chi connectivity index (χ4n) is 1.99. The lowest BCUT2D eigenvalue weighted by atomic mass is 10.1. The van der Waals surface area contributed by atoms with Gasteiger partial charge in [-0.25, -0.2) is 4.98 Å². The van der Waals surface area contributed by atoms with E-state index in [1.165, 1.54) is 0 Å². The molecule has 6 heteroatoms. The third kappa shape index (κ3) is 1.40. The maximum absolute atomic E-state index is 11.9. The van der Waals surface area contributed by atoms with Gasteiger partial charge in [0.25, 0.3) is 0 Å². The number of carbonyl (C=O) groups excluding carboxylic acids is 1. The molecule has 0 aromatic carbocycles. The Labute approximate surface area is 97.6 Å². The van der Waals surface area contributed by atoms with Crippen molar-refractivity contribution in [3.05, 3.63) is 24.4 Å². The number of hydrogen-bond acceptors (Lipinski definition) is 5. The van der Waals surface area contributed by atoms with Gasteiger partial charge >= 0.3 is 5.97 Å². The summed E-state index contributed by atoms with van der Waals surface area (Å²) < 4.78 is 6.86. The minimum absolute atomic E-state index is 0.210. The standard InChI is InChI=1S/C11H12N4O2/c1-2-17-10(16)11(4-5-11)9-14-13-8-3-6-12-7-15(8)9/h3,6-7H,2,4-5H2,1H3. The summed E-state index contributed by atoms with van der Waals surface area (Å²) in [6.45, 7) is 2.19. The summed E-state index contributed by atoms with van der Waals surface area (Å²) in [5, 5.41) is 8.14. The van der Waals surface area contributed by atoms with Crippen molar-refractivity contribution in [1.29, 1.82) is 0 Å². The van der Waals surface area contributed by atoms with E-state index >= 15 is 0 Å². The first-order valence-corrected chi connectivity index (χ1v) is 5.60. The van der Waals surface area contributed by atoms with Gasteiger partial charge in [0.1, 0.15) is 11.7 Å². The zero-order valence-corrected chi connectivity index (χ0v) is 9.46. The Balaban J connectivity index is 2.07. The molecule has 3 rings (SSSR count). The van der Waals surface area contributed by atoms with Crippen LogP contribution in [0, 0.1) is 0 Å². The minimum atomic E-state index is -0.599. The predicted molar refractivity (Wildman–Crippen MR) is 58.3 cm³/mol. The van der Waals surface area contributed by atoms with Gasteiger partial charge in [0, 0.05) is 12.3 Å². The van der Waals surface area contributed by atoms with E-state index in [1.54, 1.807) is 29.9 Å². The normalized spacial score (nSPS) is 17.0. The van der Waals surface area contributed by atoms with E-state index in [9.17, 15) is 4.79 Å². The Morgan fingerprint density at radius 3 is 3.06 bits per heavy atom. The number of aromatic nitrogens is 4. The van der Waals surface area contributed by atoms with Gasteiger partial charge in [0.2, 0.25) is 0 Å². The van der Waals surface area contributed by atoms with Crippen molar-refractivity contribution in [1.82, 2.24) is 19.6 Å². The van der Waals surface area contributed by atoms with Gasteiger partial charge in [-0.05, 0) is 19.8 Å². The average molecular weight is 232 g/mol. The number of rotatable bonds is 3. The molecular formula is C11H12N4O2. The van der Waals surface area contributed by atoms with Gasteiger partial charge in [-0.15, -0.1) is 10.2 Å². The molecule has 0 aliphatic heterocycles. The van der Waals surface area contributed by atoms with Crippen LogP contribution < -0.4 is 0 Å². The topological polar surface area (TPSA) is 69.4 Å². The number of esters is 1. The molecule has 0 amide bonds. The SMILES string of the molecule is CCOC(=O)C1(c2nnc3ccncn23)CC1. The van der Waals surface area contributed by atoms with Crippen molar-refractivity contribution in [3.8, 4) is 0 Å². The quantitative estimate of drug-likeness (QED) is 0.729. The molecule has 2 aromatic rings. The average Bonchev–Trinajstić information content (AvgIpc) is 3.04. The van der Waals surface area contributed by atoms with Gasteiger partial charge in [-0.1, -0.05) is 0 Å². The van der Waals surface area contributed by atoms with Crippen molar-refractivity contribution in [2.75, 3.05) is 6.61 Å². The first-order chi connectivity index (χ1) is 8.28. The van der Waals surface area contributed by atoms with Crippen LogP contribution >= 0.6 is 0 Å². The van der Waals surface area contributed by atoms with Crippen LogP contribution in [0.5, 0.6) is 0 Å². The van der Waals surface area contributed by atoms with E-state index < -0.39 is 5.41 Å². The lowest BCUT2D eigenvalue weighted by molar-refractivity contribution is -0.146. The molecule has 88 valence electrons. The summed E-state index contributed by atoms with van der Waals surface area (Å²) in [5.74, 6) is 0.428. The predicted octanol–water partition coefficient (Wildman–Crippen LogP) is 0.719. The van der Waals surface area contributed by atoms with E-state index in [0.717, 1.165) is 12.8 Å². The largest absolute Gasteiger partial charge is 0.465 e. The highest BCUT2D eigenvalue weighted by atomic mass is 16.5. The second kappa shape index (κ2) is 3.51. The maximum atomic E-state index is 11.9. The van der Waals surface area contributed by atoms with Crippen LogP contribution in [0.2, 0.25) is 0 Å². The number of nitrogens with zero attached hydrogens (tertiary/aromatic N) is 4. The van der Waals surface area contributed by atoms with Crippen LogP contribution in [0.4, 0.5) is 0 Å². The van der Waals surface area contributed by atoms with E-state index in [-0.39, 0.29) is 5.97 Å². The van der Waals surface area contributed by atoms with Crippen molar-refractivity contribution >= 4 is 11.6 Å². The second-order valence-electron chi connectivity index (χ2n) is 4.13. The molecule has 1 fully saturated rings. The van der Waals surface area contributed by atoms with Gasteiger partial charge in [0.15, 0.2) is 11.5 Å². The van der Waals surface area contributed by atoms with Crippen molar-refractivity contribution < 1.29 is 9.53 Å². The zero-order chi connectivity index (χ0) is 11.9. The Bertz CT molecular complexity index is 574. The van der Waals surface area contributed by atoms with Crippen molar-refractivity contribution in [2.24, 2.45) is 0 Å². The fraction of sp³-hybridized carbons (Fsp3) is 0.455. The molecular weight excluding hydrogens is 220 g/mol. The van der Waals surface area contributed by atoms with Crippen LogP contribution in [0.3, 0.4) is 0 Å². The summed E-state index contributed by atoms with van der Waals surface area (Å²) in [5.41, 5.74) is 0.101. The van der Waals surface area contributed by atoms with Crippen molar-refractivity contribution in [3.63, 3.8) is 0 Å². The highest BCUT2D eigenvalue weighted by Gasteiger charge is 2.56. The van der Waals surface area contributed by atoms with Gasteiger partial charge in [-0.2, -0.15) is 0 Å². The van der Waals surface area contributed by atoms with E-state index in [1.807, 2.05) is 0 Å². The van der Waals surface area contributed by atoms with Gasteiger partial charge < -0.3 is 4.74 Å². The highest BCUT2D eigenvalue weighted by Crippen LogP contribution is 2.48. The Hall–Kier alpha value is -1.98. The van der Waals surface area contributed by atoms with E-state index in [2.05, 4.69) is 15.2 Å². The fourth-order valence-corrected chi connectivity index (χ4v) is 1.99. The molecule has 17 heavy (non-hydrogen) atoms. The Morgan fingerprint density at radius 2 is 2.35 bits per heavy atom. The Kier molecular flexibility index (Phi) is 2.10. The van der Waals surface area contributed by atoms with Crippen LogP contribution in [-0.4, -0.2) is 32.2 Å². The highest BCUT2D eigenvalue weighted by molar-refractivity contribution is 5.85. The molecule has 1 aliphatic carbocycles. The summed E-state index contributed by atoms with van der Waals surface area (Å²) in [4.78, 5) is 16.0. The van der Waals surface area contributed by atoms with E-state index in [4.69, 9.17) is 4.74 Å². The van der Waals surface area contributed by atoms with Gasteiger partial charge in [-0.3, -0.25) is 9.20 Å². The molecule has 0 atom stereocenters. The molecule has 2 aromatic heterocycles. The molecule has 1 saturated carbocycles. The number of fused-ring (bicyclic) bond motifs is 1. The van der Waals surface area contributed by atoms with Crippen LogP contribution in [0.25, 0.3) is 5.65 Å². The molecule has 6 nitrogen and oxygen atoms in total. The molecule has 1 aliphatic rings. The van der Waals surface area contributed by atoms with Crippen molar-refractivity contribution in [2.45, 2.75) is 25.2 Å². The molecule has 2 heterocycles. The summed E-state index contributed by atoms with van der Waals surface area (Å²) in [6.07, 6.45) is 4.81. The molecule has 0 N–H and O–H groups in total. The molecule has 0 bridgehead atoms. The Morgan fingerprint density at radius 1 is 1.53 bits per heavy atom. The molecule has 0 unspecified atom stereocenters. The smallest absolute Gasteiger partial charge is 0.319 e. The molecule has 0 radical (unpaired) electrons. The number of hydrogen-bond donors (Lipinski definition) is 0. The third-order valence-electron chi connectivity index (χ3n) is 3.06. The summed E-state index contributed by atoms with van der Waals surface area (Å²) >= 11 is 0. The number of carbonyl (C=O) groups is 1. The first-order valence-electron chi connectivity index (χ1n) is 5.60. The summed E-state index contributed by atoms with van der Waals surface area (Å²) in [6, 6.07) is 1.76. The second-order valence-corrected chi connectivity index (χ2v) is 4.13. The maximum Gasteiger partial charge on any atom is 0.319 e. The van der Waals surface area contributed by atoms with Crippen LogP contribution in [0.15, 0.2) is 18.6 Å². The van der Waals surface area contributed by atoms with Gasteiger partial charge in [0.05, 0.1) is 6.61 Å². The lowest BCUT2D eigenvalue weighted by Crippen LogP contribution is -2.25. The monoisotopic (exact) mass is 232 g/mol. The third-order valence-corrected chi connectivity index (χ3v) is 3.06.